The van der Waals surface area contributed by atoms with Crippen LogP contribution in [0.4, 0.5) is 5.88 Å². The van der Waals surface area contributed by atoms with E-state index < -0.39 is 9.84 Å². The Labute approximate surface area is 155 Å². The molecule has 0 fully saturated rings. The van der Waals surface area contributed by atoms with Gasteiger partial charge in [-0.2, -0.15) is 4.98 Å². The van der Waals surface area contributed by atoms with Crippen LogP contribution in [0.2, 0.25) is 10.0 Å². The van der Waals surface area contributed by atoms with Crippen LogP contribution in [0.5, 0.6) is 0 Å². The van der Waals surface area contributed by atoms with E-state index in [1.807, 2.05) is 0 Å². The van der Waals surface area contributed by atoms with Gasteiger partial charge in [0.25, 0.3) is 0 Å². The largest absolute Gasteiger partial charge is 0.419 e. The lowest BCUT2D eigenvalue weighted by atomic mass is 10.2. The van der Waals surface area contributed by atoms with Gasteiger partial charge in [0, 0.05) is 29.7 Å². The summed E-state index contributed by atoms with van der Waals surface area (Å²) in [4.78, 5) is 5.89. The summed E-state index contributed by atoms with van der Waals surface area (Å²) in [6.07, 6.45) is 0. The summed E-state index contributed by atoms with van der Waals surface area (Å²) >= 11 is 11.7. The molecule has 0 aliphatic heterocycles. The van der Waals surface area contributed by atoms with Crippen molar-refractivity contribution < 1.29 is 12.8 Å². The zero-order valence-electron chi connectivity index (χ0n) is 13.4. The van der Waals surface area contributed by atoms with E-state index in [9.17, 15) is 8.42 Å². The van der Waals surface area contributed by atoms with Crippen molar-refractivity contribution in [2.24, 2.45) is 0 Å². The summed E-state index contributed by atoms with van der Waals surface area (Å²) in [5, 5.41) is 0.871. The molecule has 130 valence electrons. The second-order valence-electron chi connectivity index (χ2n) is 5.49. The van der Waals surface area contributed by atoms with Crippen LogP contribution in [0.1, 0.15) is 0 Å². The Morgan fingerprint density at radius 3 is 1.96 bits per heavy atom. The van der Waals surface area contributed by atoms with Crippen LogP contribution in [0.3, 0.4) is 0 Å². The monoisotopic (exact) mass is 396 g/mol. The van der Waals surface area contributed by atoms with Crippen molar-refractivity contribution >= 4 is 38.9 Å². The minimum Gasteiger partial charge on any atom is -0.419 e. The number of aromatic nitrogens is 1. The molecular formula is C17H14Cl2N2O3S. The van der Waals surface area contributed by atoms with Crippen LogP contribution in [0, 0.1) is 0 Å². The Balaban J connectivity index is 2.14. The molecule has 0 saturated carbocycles. The normalized spacial score (nSPS) is 11.5. The van der Waals surface area contributed by atoms with E-state index in [-0.39, 0.29) is 21.7 Å². The van der Waals surface area contributed by atoms with Crippen molar-refractivity contribution in [1.82, 2.24) is 4.98 Å². The zero-order valence-corrected chi connectivity index (χ0v) is 15.7. The van der Waals surface area contributed by atoms with Crippen LogP contribution in [0.15, 0.2) is 62.9 Å². The van der Waals surface area contributed by atoms with E-state index >= 15 is 0 Å². The molecule has 0 bridgehead atoms. The molecule has 0 atom stereocenters. The third-order valence-corrected chi connectivity index (χ3v) is 5.63. The first-order valence-corrected chi connectivity index (χ1v) is 9.47. The first-order valence-electron chi connectivity index (χ1n) is 7.24. The summed E-state index contributed by atoms with van der Waals surface area (Å²) in [5.41, 5.74) is 0.630. The number of nitrogens with zero attached hydrogens (tertiary/aromatic N) is 2. The number of halogens is 2. The summed E-state index contributed by atoms with van der Waals surface area (Å²) in [6, 6.07) is 12.7. The number of anilines is 1. The molecule has 1 aromatic heterocycles. The van der Waals surface area contributed by atoms with Crippen molar-refractivity contribution in [3.05, 3.63) is 58.6 Å². The van der Waals surface area contributed by atoms with Crippen molar-refractivity contribution in [1.29, 1.82) is 0 Å². The number of sulfone groups is 1. The molecule has 0 saturated heterocycles. The van der Waals surface area contributed by atoms with E-state index in [1.165, 1.54) is 24.3 Å². The lowest BCUT2D eigenvalue weighted by Gasteiger charge is -2.10. The fraction of sp³-hybridized carbons (Fsp3) is 0.118. The molecule has 0 aliphatic carbocycles. The molecule has 0 unspecified atom stereocenters. The molecular weight excluding hydrogens is 383 g/mol. The third kappa shape index (κ3) is 3.51. The average molecular weight is 397 g/mol. The van der Waals surface area contributed by atoms with Crippen molar-refractivity contribution in [3.63, 3.8) is 0 Å². The van der Waals surface area contributed by atoms with Crippen molar-refractivity contribution in [2.75, 3.05) is 19.0 Å². The van der Waals surface area contributed by atoms with Gasteiger partial charge in [0.15, 0.2) is 0 Å². The molecule has 3 aromatic rings. The highest BCUT2D eigenvalue weighted by Crippen LogP contribution is 2.34. The van der Waals surface area contributed by atoms with Gasteiger partial charge in [0.1, 0.15) is 0 Å². The van der Waals surface area contributed by atoms with E-state index in [0.29, 0.717) is 15.6 Å². The Morgan fingerprint density at radius 1 is 0.920 bits per heavy atom. The number of benzene rings is 2. The Bertz CT molecular complexity index is 995. The summed E-state index contributed by atoms with van der Waals surface area (Å²) in [6.45, 7) is 0. The molecule has 0 N–H and O–H groups in total. The minimum absolute atomic E-state index is 0.0935. The predicted molar refractivity (Wildman–Crippen MR) is 98.2 cm³/mol. The highest BCUT2D eigenvalue weighted by molar-refractivity contribution is 7.91. The first kappa shape index (κ1) is 17.8. The highest BCUT2D eigenvalue weighted by Gasteiger charge is 2.29. The molecule has 0 spiro atoms. The molecule has 0 aliphatic rings. The average Bonchev–Trinajstić information content (AvgIpc) is 3.02. The van der Waals surface area contributed by atoms with Crippen LogP contribution < -0.4 is 4.90 Å². The zero-order chi connectivity index (χ0) is 18.2. The summed E-state index contributed by atoms with van der Waals surface area (Å²) in [5.74, 6) is 0.354. The Hall–Kier alpha value is -2.02. The van der Waals surface area contributed by atoms with Crippen LogP contribution in [-0.4, -0.2) is 27.5 Å². The summed E-state index contributed by atoms with van der Waals surface area (Å²) in [7, 11) is -0.483. The van der Waals surface area contributed by atoms with Crippen LogP contribution in [-0.2, 0) is 9.84 Å². The molecule has 1 heterocycles. The van der Waals surface area contributed by atoms with E-state index in [2.05, 4.69) is 4.98 Å². The molecule has 3 rings (SSSR count). The molecule has 0 amide bonds. The van der Waals surface area contributed by atoms with Crippen LogP contribution >= 0.6 is 23.2 Å². The highest BCUT2D eigenvalue weighted by atomic mass is 35.5. The fourth-order valence-electron chi connectivity index (χ4n) is 2.20. The van der Waals surface area contributed by atoms with E-state index in [0.717, 1.165) is 0 Å². The van der Waals surface area contributed by atoms with E-state index in [1.54, 1.807) is 43.3 Å². The molecule has 8 heteroatoms. The van der Waals surface area contributed by atoms with Gasteiger partial charge in [-0.25, -0.2) is 8.42 Å². The topological polar surface area (TPSA) is 63.4 Å². The molecule has 25 heavy (non-hydrogen) atoms. The van der Waals surface area contributed by atoms with Gasteiger partial charge in [-0.15, -0.1) is 0 Å². The maximum absolute atomic E-state index is 13.0. The first-order chi connectivity index (χ1) is 11.8. The van der Waals surface area contributed by atoms with Gasteiger partial charge in [-0.3, -0.25) is 0 Å². The number of rotatable bonds is 4. The van der Waals surface area contributed by atoms with Crippen LogP contribution in [0.25, 0.3) is 11.5 Å². The minimum atomic E-state index is -3.86. The maximum atomic E-state index is 13.0. The third-order valence-electron chi connectivity index (χ3n) is 3.46. The standard InChI is InChI=1S/C17H14Cl2N2O3S/c1-21(2)17-16(25(22,23)14-9-7-13(19)8-10-14)20-15(24-17)11-3-5-12(18)6-4-11/h3-10H,1-2H3. The number of hydrogen-bond donors (Lipinski definition) is 0. The predicted octanol–water partition coefficient (Wildman–Crippen LogP) is 4.55. The van der Waals surface area contributed by atoms with Gasteiger partial charge >= 0.3 is 0 Å². The van der Waals surface area contributed by atoms with Gasteiger partial charge < -0.3 is 9.32 Å². The van der Waals surface area contributed by atoms with Crippen molar-refractivity contribution in [3.8, 4) is 11.5 Å². The Morgan fingerprint density at radius 2 is 1.44 bits per heavy atom. The second-order valence-corrected chi connectivity index (χ2v) is 8.23. The van der Waals surface area contributed by atoms with E-state index in [4.69, 9.17) is 27.6 Å². The smallest absolute Gasteiger partial charge is 0.235 e. The van der Waals surface area contributed by atoms with Crippen molar-refractivity contribution in [2.45, 2.75) is 9.92 Å². The molecule has 0 radical (unpaired) electrons. The fourth-order valence-corrected chi connectivity index (χ4v) is 3.82. The van der Waals surface area contributed by atoms with Gasteiger partial charge in [-0.05, 0) is 48.5 Å². The SMILES string of the molecule is CN(C)c1oc(-c2ccc(Cl)cc2)nc1S(=O)(=O)c1ccc(Cl)cc1. The molecule has 2 aromatic carbocycles. The van der Waals surface area contributed by atoms with Gasteiger partial charge in [0.05, 0.1) is 4.90 Å². The lowest BCUT2D eigenvalue weighted by molar-refractivity contribution is 0.564. The Kier molecular flexibility index (Phi) is 4.77. The number of hydrogen-bond acceptors (Lipinski definition) is 5. The summed E-state index contributed by atoms with van der Waals surface area (Å²) < 4.78 is 31.6. The quantitative estimate of drug-likeness (QED) is 0.647. The second kappa shape index (κ2) is 6.71. The molecule has 5 nitrogen and oxygen atoms in total. The van der Waals surface area contributed by atoms with Gasteiger partial charge in [-0.1, -0.05) is 23.2 Å². The van der Waals surface area contributed by atoms with Gasteiger partial charge in [0.2, 0.25) is 26.6 Å². The lowest BCUT2D eigenvalue weighted by Crippen LogP contribution is -2.13. The maximum Gasteiger partial charge on any atom is 0.235 e. The number of oxazole rings is 1.